The maximum atomic E-state index is 9.91. The van der Waals surface area contributed by atoms with Crippen molar-refractivity contribution in [1.82, 2.24) is 0 Å². The van der Waals surface area contributed by atoms with Crippen LogP contribution in [0.15, 0.2) is 0 Å². The molecule has 0 bridgehead atoms. The minimum Gasteiger partial charge on any atom is -0.198 e. The number of fused-ring (bicyclic) bond motifs is 3. The fourth-order valence-electron chi connectivity index (χ4n) is 6.79. The second-order valence-electron chi connectivity index (χ2n) is 9.49. The predicted octanol–water partition coefficient (Wildman–Crippen LogP) is 7.12. The van der Waals surface area contributed by atoms with Crippen LogP contribution in [0.5, 0.6) is 0 Å². The van der Waals surface area contributed by atoms with Gasteiger partial charge in [0.2, 0.25) is 0 Å². The van der Waals surface area contributed by atoms with Gasteiger partial charge in [0.25, 0.3) is 0 Å². The molecule has 4 unspecified atom stereocenters. The van der Waals surface area contributed by atoms with E-state index in [1.807, 2.05) is 0 Å². The maximum Gasteiger partial charge on any atom is 0.0689 e. The highest BCUT2D eigenvalue weighted by Gasteiger charge is 2.48. The number of hydrogen-bond donors (Lipinski definition) is 0. The first-order valence-corrected chi connectivity index (χ1v) is 11.1. The smallest absolute Gasteiger partial charge is 0.0689 e. The summed E-state index contributed by atoms with van der Waals surface area (Å²) in [6.45, 7) is 4.62. The fourth-order valence-corrected chi connectivity index (χ4v) is 6.79. The zero-order valence-corrected chi connectivity index (χ0v) is 16.2. The Kier molecular flexibility index (Phi) is 6.28. The van der Waals surface area contributed by atoms with Gasteiger partial charge in [-0.05, 0) is 81.0 Å². The molecule has 1 nitrogen and oxygen atoms in total. The largest absolute Gasteiger partial charge is 0.198 e. The maximum absolute atomic E-state index is 9.91. The first-order chi connectivity index (χ1) is 11.7. The highest BCUT2D eigenvalue weighted by Crippen LogP contribution is 2.57. The van der Waals surface area contributed by atoms with E-state index in [2.05, 4.69) is 19.9 Å². The van der Waals surface area contributed by atoms with E-state index in [0.29, 0.717) is 0 Å². The number of hydrogen-bond acceptors (Lipinski definition) is 1. The summed E-state index contributed by atoms with van der Waals surface area (Å²) in [6, 6.07) is 2.81. The molecule has 0 spiro atoms. The molecule has 0 heterocycles. The number of nitrogens with zero attached hydrogens (tertiary/aromatic N) is 1. The van der Waals surface area contributed by atoms with Gasteiger partial charge in [-0.25, -0.2) is 0 Å². The summed E-state index contributed by atoms with van der Waals surface area (Å²) in [5.41, 5.74) is 0.0442. The van der Waals surface area contributed by atoms with Crippen LogP contribution < -0.4 is 0 Å². The molecule has 6 atom stereocenters. The van der Waals surface area contributed by atoms with Crippen molar-refractivity contribution in [1.29, 1.82) is 5.26 Å². The van der Waals surface area contributed by atoms with E-state index >= 15 is 0 Å². The first kappa shape index (κ1) is 18.3. The molecule has 0 aromatic carbocycles. The van der Waals surface area contributed by atoms with Gasteiger partial charge in [0.1, 0.15) is 0 Å². The molecule has 1 heteroatoms. The van der Waals surface area contributed by atoms with Crippen molar-refractivity contribution >= 4 is 0 Å². The molecule has 0 radical (unpaired) electrons. The molecular formula is C23H39N. The molecule has 0 aliphatic heterocycles. The summed E-state index contributed by atoms with van der Waals surface area (Å²) in [5.74, 6) is 4.93. The van der Waals surface area contributed by atoms with Crippen molar-refractivity contribution in [2.75, 3.05) is 0 Å². The zero-order chi connectivity index (χ0) is 17.0. The second kappa shape index (κ2) is 8.25. The minimum atomic E-state index is 0.0442. The first-order valence-electron chi connectivity index (χ1n) is 11.1. The summed E-state index contributed by atoms with van der Waals surface area (Å²) in [5, 5.41) is 9.91. The van der Waals surface area contributed by atoms with E-state index in [-0.39, 0.29) is 5.41 Å². The molecule has 24 heavy (non-hydrogen) atoms. The molecule has 3 aliphatic carbocycles. The van der Waals surface area contributed by atoms with Crippen LogP contribution >= 0.6 is 0 Å². The highest BCUT2D eigenvalue weighted by atomic mass is 14.5. The molecular weight excluding hydrogens is 290 g/mol. The van der Waals surface area contributed by atoms with E-state index in [1.54, 1.807) is 0 Å². The van der Waals surface area contributed by atoms with Gasteiger partial charge in [0, 0.05) is 0 Å². The SMILES string of the molecule is CCCCC[C@]1(C#N)CCC2C(CCC3C[C@H](CCC)CCC32)C1. The van der Waals surface area contributed by atoms with E-state index in [1.165, 1.54) is 89.9 Å². The monoisotopic (exact) mass is 329 g/mol. The van der Waals surface area contributed by atoms with Crippen molar-refractivity contribution in [3.05, 3.63) is 0 Å². The lowest BCUT2D eigenvalue weighted by Gasteiger charge is -2.52. The third-order valence-corrected chi connectivity index (χ3v) is 8.02. The molecule has 3 aliphatic rings. The molecule has 3 fully saturated rings. The van der Waals surface area contributed by atoms with Crippen LogP contribution in [-0.2, 0) is 0 Å². The third-order valence-electron chi connectivity index (χ3n) is 8.02. The van der Waals surface area contributed by atoms with Gasteiger partial charge >= 0.3 is 0 Å². The van der Waals surface area contributed by atoms with Crippen molar-refractivity contribution in [3.63, 3.8) is 0 Å². The Hall–Kier alpha value is -0.510. The molecule has 0 amide bonds. The van der Waals surface area contributed by atoms with Crippen molar-refractivity contribution in [2.24, 2.45) is 35.0 Å². The van der Waals surface area contributed by atoms with Crippen LogP contribution in [0.25, 0.3) is 0 Å². The molecule has 136 valence electrons. The molecule has 0 saturated heterocycles. The molecule has 3 rings (SSSR count). The van der Waals surface area contributed by atoms with E-state index < -0.39 is 0 Å². The van der Waals surface area contributed by atoms with Crippen molar-refractivity contribution in [3.8, 4) is 6.07 Å². The van der Waals surface area contributed by atoms with Crippen molar-refractivity contribution in [2.45, 2.75) is 104 Å². The Bertz CT molecular complexity index is 436. The Balaban J connectivity index is 1.60. The Labute approximate surface area is 150 Å². The summed E-state index contributed by atoms with van der Waals surface area (Å²) < 4.78 is 0. The summed E-state index contributed by atoms with van der Waals surface area (Å²) in [6.07, 6.45) is 19.1. The van der Waals surface area contributed by atoms with E-state index in [9.17, 15) is 5.26 Å². The fraction of sp³-hybridized carbons (Fsp3) is 0.957. The van der Waals surface area contributed by atoms with Crippen LogP contribution in [0.1, 0.15) is 104 Å². The lowest BCUT2D eigenvalue weighted by molar-refractivity contribution is -0.0180. The van der Waals surface area contributed by atoms with Crippen LogP contribution in [-0.4, -0.2) is 0 Å². The summed E-state index contributed by atoms with van der Waals surface area (Å²) >= 11 is 0. The standard InChI is InChI=1S/C23H39N/c1-3-5-6-13-23(17-24)14-12-22-20(16-23)10-9-19-15-18(7-4-2)8-11-21(19)22/h18-22H,3-16H2,1-2H3/t18-,19?,20?,21?,22?,23+/m1/s1. The molecule has 0 N–H and O–H groups in total. The average Bonchev–Trinajstić information content (AvgIpc) is 2.61. The van der Waals surface area contributed by atoms with Gasteiger partial charge in [-0.3, -0.25) is 0 Å². The minimum absolute atomic E-state index is 0.0442. The second-order valence-corrected chi connectivity index (χ2v) is 9.49. The van der Waals surface area contributed by atoms with Crippen LogP contribution in [0, 0.1) is 46.3 Å². The van der Waals surface area contributed by atoms with Crippen LogP contribution in [0.4, 0.5) is 0 Å². The summed E-state index contributed by atoms with van der Waals surface area (Å²) in [4.78, 5) is 0. The van der Waals surface area contributed by atoms with Gasteiger partial charge in [-0.2, -0.15) is 5.26 Å². The third kappa shape index (κ3) is 3.84. The quantitative estimate of drug-likeness (QED) is 0.476. The summed E-state index contributed by atoms with van der Waals surface area (Å²) in [7, 11) is 0. The Morgan fingerprint density at radius 3 is 2.46 bits per heavy atom. The molecule has 0 aromatic rings. The highest BCUT2D eigenvalue weighted by molar-refractivity contribution is 5.06. The van der Waals surface area contributed by atoms with Crippen molar-refractivity contribution < 1.29 is 0 Å². The van der Waals surface area contributed by atoms with E-state index in [0.717, 1.165) is 29.6 Å². The number of nitriles is 1. The Morgan fingerprint density at radius 2 is 1.71 bits per heavy atom. The average molecular weight is 330 g/mol. The van der Waals surface area contributed by atoms with Gasteiger partial charge < -0.3 is 0 Å². The zero-order valence-electron chi connectivity index (χ0n) is 16.2. The number of unbranched alkanes of at least 4 members (excludes halogenated alkanes) is 2. The lowest BCUT2D eigenvalue weighted by Crippen LogP contribution is -2.44. The Morgan fingerprint density at radius 1 is 0.917 bits per heavy atom. The van der Waals surface area contributed by atoms with E-state index in [4.69, 9.17) is 0 Å². The van der Waals surface area contributed by atoms with Crippen LogP contribution in [0.3, 0.4) is 0 Å². The van der Waals surface area contributed by atoms with Gasteiger partial charge in [0.05, 0.1) is 11.5 Å². The van der Waals surface area contributed by atoms with Crippen LogP contribution in [0.2, 0.25) is 0 Å². The van der Waals surface area contributed by atoms with Gasteiger partial charge in [0.15, 0.2) is 0 Å². The van der Waals surface area contributed by atoms with Gasteiger partial charge in [-0.15, -0.1) is 0 Å². The predicted molar refractivity (Wildman–Crippen MR) is 101 cm³/mol. The molecule has 3 saturated carbocycles. The lowest BCUT2D eigenvalue weighted by atomic mass is 9.52. The topological polar surface area (TPSA) is 23.8 Å². The van der Waals surface area contributed by atoms with Gasteiger partial charge in [-0.1, -0.05) is 52.4 Å². The number of rotatable bonds is 6. The molecule has 0 aromatic heterocycles. The normalized spacial score (nSPS) is 42.0.